The van der Waals surface area contributed by atoms with Gasteiger partial charge in [0.15, 0.2) is 5.82 Å². The molecule has 8 heteroatoms. The quantitative estimate of drug-likeness (QED) is 0.564. The summed E-state index contributed by atoms with van der Waals surface area (Å²) in [6, 6.07) is 7.63. The Kier molecular flexibility index (Phi) is 5.33. The van der Waals surface area contributed by atoms with Crippen LogP contribution in [-0.4, -0.2) is 32.4 Å². The maximum Gasteiger partial charge on any atom is 0.152 e. The molecule has 7 nitrogen and oxygen atoms in total. The van der Waals surface area contributed by atoms with Crippen LogP contribution in [0.5, 0.6) is 0 Å². The van der Waals surface area contributed by atoms with Gasteiger partial charge in [-0.2, -0.15) is 0 Å². The van der Waals surface area contributed by atoms with E-state index >= 15 is 0 Å². The molecule has 154 valence electrons. The molecule has 30 heavy (non-hydrogen) atoms. The lowest BCUT2D eigenvalue weighted by Crippen LogP contribution is -2.17. The van der Waals surface area contributed by atoms with Gasteiger partial charge in [-0.05, 0) is 30.7 Å². The number of halogens is 1. The minimum absolute atomic E-state index is 0.0365. The number of benzene rings is 1. The minimum atomic E-state index is -0.264. The zero-order valence-electron chi connectivity index (χ0n) is 16.6. The highest BCUT2D eigenvalue weighted by molar-refractivity contribution is 6.06. The Morgan fingerprint density at radius 2 is 2.17 bits per heavy atom. The summed E-state index contributed by atoms with van der Waals surface area (Å²) in [5.74, 6) is 0.472. The van der Waals surface area contributed by atoms with Crippen molar-refractivity contribution in [2.75, 3.05) is 12.8 Å². The number of para-hydroxylation sites is 1. The van der Waals surface area contributed by atoms with Gasteiger partial charge in [-0.1, -0.05) is 24.3 Å². The lowest BCUT2D eigenvalue weighted by Gasteiger charge is -2.15. The molecule has 4 rings (SSSR count). The monoisotopic (exact) mass is 406 g/mol. The van der Waals surface area contributed by atoms with Crippen LogP contribution >= 0.6 is 0 Å². The summed E-state index contributed by atoms with van der Waals surface area (Å²) < 4.78 is 15.1. The van der Waals surface area contributed by atoms with Crippen molar-refractivity contribution in [2.24, 2.45) is 16.6 Å². The van der Waals surface area contributed by atoms with Crippen LogP contribution in [0.15, 0.2) is 65.1 Å². The minimum Gasteiger partial charge on any atom is -0.401 e. The smallest absolute Gasteiger partial charge is 0.152 e. The lowest BCUT2D eigenvalue weighted by molar-refractivity contribution is 0.267. The van der Waals surface area contributed by atoms with Crippen LogP contribution in [0.4, 0.5) is 10.2 Å². The molecule has 0 amide bonds. The summed E-state index contributed by atoms with van der Waals surface area (Å²) in [6.45, 7) is 0.0272. The average molecular weight is 406 g/mol. The Balaban J connectivity index is 1.76. The number of imidazole rings is 1. The van der Waals surface area contributed by atoms with Crippen molar-refractivity contribution in [2.45, 2.75) is 19.6 Å². The Labute approximate surface area is 172 Å². The van der Waals surface area contributed by atoms with Gasteiger partial charge >= 0.3 is 0 Å². The summed E-state index contributed by atoms with van der Waals surface area (Å²) in [6.07, 6.45) is 7.09. The van der Waals surface area contributed by atoms with Crippen molar-refractivity contribution < 1.29 is 9.50 Å². The first kappa shape index (κ1) is 19.8. The molecule has 1 aliphatic carbocycles. The number of pyridine rings is 1. The largest absolute Gasteiger partial charge is 0.401 e. The van der Waals surface area contributed by atoms with Crippen LogP contribution in [-0.2, 0) is 13.2 Å². The molecule has 1 unspecified atom stereocenters. The summed E-state index contributed by atoms with van der Waals surface area (Å²) in [5, 5.41) is 10.7. The first-order valence-corrected chi connectivity index (χ1v) is 9.62. The van der Waals surface area contributed by atoms with E-state index < -0.39 is 0 Å². The van der Waals surface area contributed by atoms with Crippen LogP contribution in [0.2, 0.25) is 0 Å². The maximum atomic E-state index is 13.3. The maximum absolute atomic E-state index is 13.3. The second kappa shape index (κ2) is 8.08. The fourth-order valence-electron chi connectivity index (χ4n) is 3.77. The number of rotatable bonds is 5. The highest BCUT2D eigenvalue weighted by atomic mass is 19.1. The molecule has 0 spiro atoms. The molecule has 0 radical (unpaired) electrons. The molecule has 0 aliphatic heterocycles. The number of nitrogens with zero attached hydrogens (tertiary/aromatic N) is 4. The predicted octanol–water partition coefficient (Wildman–Crippen LogP) is 3.00. The number of aliphatic imine (C=N–C) groups is 1. The van der Waals surface area contributed by atoms with Crippen LogP contribution < -0.4 is 11.5 Å². The highest BCUT2D eigenvalue weighted by Gasteiger charge is 2.18. The number of aliphatic hydroxyl groups is 1. The van der Waals surface area contributed by atoms with Crippen molar-refractivity contribution in [3.63, 3.8) is 0 Å². The Morgan fingerprint density at radius 3 is 2.87 bits per heavy atom. The highest BCUT2D eigenvalue weighted by Crippen LogP contribution is 2.29. The van der Waals surface area contributed by atoms with Crippen LogP contribution in [0.3, 0.4) is 0 Å². The number of allylic oxidation sites excluding steroid dienone is 6. The zero-order chi connectivity index (χ0) is 21.3. The number of fused-ring (bicyclic) bond motifs is 3. The van der Waals surface area contributed by atoms with Gasteiger partial charge < -0.3 is 21.1 Å². The standard InChI is InChI=1S/C22H23FN6O/c1-26-18(13-6-8-14(23)9-7-13)10-15(24)11-29-19(12-30)28-20-21(29)16-4-2-3-5-17(16)27-22(20)25/h2-6,8-10,13,30H,7,11-12,24H2,1H3,(H2,25,27). The molecule has 3 aromatic rings. The fourth-order valence-corrected chi connectivity index (χ4v) is 3.77. The second-order valence-corrected chi connectivity index (χ2v) is 7.14. The number of aromatic nitrogens is 3. The number of hydrogen-bond donors (Lipinski definition) is 3. The van der Waals surface area contributed by atoms with Crippen molar-refractivity contribution >= 4 is 33.5 Å². The molecule has 5 N–H and O–H groups in total. The molecule has 0 bridgehead atoms. The van der Waals surface area contributed by atoms with Gasteiger partial charge in [-0.3, -0.25) is 4.99 Å². The molecule has 0 saturated carbocycles. The fraction of sp³-hybridized carbons (Fsp3) is 0.227. The van der Waals surface area contributed by atoms with Crippen LogP contribution in [0, 0.1) is 5.92 Å². The van der Waals surface area contributed by atoms with Crippen molar-refractivity contribution in [3.05, 3.63) is 65.9 Å². The number of hydrogen-bond acceptors (Lipinski definition) is 6. The van der Waals surface area contributed by atoms with E-state index in [0.717, 1.165) is 22.1 Å². The molecular weight excluding hydrogens is 383 g/mol. The van der Waals surface area contributed by atoms with Crippen molar-refractivity contribution in [1.82, 2.24) is 14.5 Å². The number of aliphatic hydroxyl groups excluding tert-OH is 1. The number of nitrogen functional groups attached to an aromatic ring is 1. The van der Waals surface area contributed by atoms with Gasteiger partial charge in [0, 0.05) is 29.8 Å². The van der Waals surface area contributed by atoms with Gasteiger partial charge in [-0.25, -0.2) is 14.4 Å². The Morgan fingerprint density at radius 1 is 1.37 bits per heavy atom. The van der Waals surface area contributed by atoms with E-state index in [0.29, 0.717) is 35.8 Å². The van der Waals surface area contributed by atoms with E-state index in [9.17, 15) is 9.50 Å². The second-order valence-electron chi connectivity index (χ2n) is 7.14. The average Bonchev–Trinajstić information content (AvgIpc) is 3.12. The predicted molar refractivity (Wildman–Crippen MR) is 117 cm³/mol. The summed E-state index contributed by atoms with van der Waals surface area (Å²) in [4.78, 5) is 13.2. The third-order valence-corrected chi connectivity index (χ3v) is 5.20. The first-order chi connectivity index (χ1) is 14.5. The van der Waals surface area contributed by atoms with E-state index in [4.69, 9.17) is 11.5 Å². The molecule has 2 aromatic heterocycles. The SMILES string of the molecule is CN=C(C=C(N)Cn1c(CO)nc2c(N)nc3ccccc3c21)C1C=CC(F)=CC1. The lowest BCUT2D eigenvalue weighted by atomic mass is 9.94. The Hall–Kier alpha value is -3.52. The van der Waals surface area contributed by atoms with Crippen molar-refractivity contribution in [1.29, 1.82) is 0 Å². The summed E-state index contributed by atoms with van der Waals surface area (Å²) in [5.41, 5.74) is 15.8. The van der Waals surface area contributed by atoms with E-state index in [2.05, 4.69) is 15.0 Å². The van der Waals surface area contributed by atoms with Gasteiger partial charge in [0.25, 0.3) is 0 Å². The number of anilines is 1. The van der Waals surface area contributed by atoms with Gasteiger partial charge in [0.2, 0.25) is 0 Å². The third kappa shape index (κ3) is 3.57. The van der Waals surface area contributed by atoms with Gasteiger partial charge in [0.1, 0.15) is 23.8 Å². The summed E-state index contributed by atoms with van der Waals surface area (Å²) >= 11 is 0. The van der Waals surface area contributed by atoms with Crippen LogP contribution in [0.25, 0.3) is 21.9 Å². The molecule has 1 aromatic carbocycles. The summed E-state index contributed by atoms with van der Waals surface area (Å²) in [7, 11) is 1.69. The molecule has 1 aliphatic rings. The molecule has 0 saturated heterocycles. The molecular formula is C22H23FN6O. The van der Waals surface area contributed by atoms with E-state index in [1.54, 1.807) is 19.2 Å². The molecule has 0 fully saturated rings. The first-order valence-electron chi connectivity index (χ1n) is 9.62. The Bertz CT molecular complexity index is 1240. The molecule has 2 heterocycles. The van der Waals surface area contributed by atoms with Crippen LogP contribution in [0.1, 0.15) is 12.2 Å². The third-order valence-electron chi connectivity index (χ3n) is 5.20. The van der Waals surface area contributed by atoms with E-state index in [1.807, 2.05) is 28.8 Å². The normalized spacial score (nSPS) is 17.7. The molecule has 1 atom stereocenters. The van der Waals surface area contributed by atoms with E-state index in [-0.39, 0.29) is 18.4 Å². The van der Waals surface area contributed by atoms with Gasteiger partial charge in [0.05, 0.1) is 17.6 Å². The van der Waals surface area contributed by atoms with Crippen molar-refractivity contribution in [3.8, 4) is 0 Å². The topological polar surface area (TPSA) is 115 Å². The number of nitrogens with two attached hydrogens (primary N) is 2. The van der Waals surface area contributed by atoms with Gasteiger partial charge in [-0.15, -0.1) is 0 Å². The van der Waals surface area contributed by atoms with E-state index in [1.165, 1.54) is 12.2 Å². The zero-order valence-corrected chi connectivity index (χ0v) is 16.6.